The molecule has 0 radical (unpaired) electrons. The molecular formula is C15H15FN6O2. The third-order valence-electron chi connectivity index (χ3n) is 3.39. The number of nitrogens with one attached hydrogen (secondary N) is 2. The average molecular weight is 330 g/mol. The van der Waals surface area contributed by atoms with Gasteiger partial charge in [-0.25, -0.2) is 9.37 Å². The summed E-state index contributed by atoms with van der Waals surface area (Å²) in [6.45, 7) is 3.82. The highest BCUT2D eigenvalue weighted by Crippen LogP contribution is 2.22. The fourth-order valence-corrected chi connectivity index (χ4v) is 2.11. The molecule has 24 heavy (non-hydrogen) atoms. The fraction of sp³-hybridized carbons (Fsp3) is 0.267. The third kappa shape index (κ3) is 3.29. The van der Waals surface area contributed by atoms with Gasteiger partial charge in [0.25, 0.3) is 5.91 Å². The van der Waals surface area contributed by atoms with Crippen LogP contribution < -0.4 is 5.32 Å². The lowest BCUT2D eigenvalue weighted by atomic mass is 10.0. The number of nitrogens with zero attached hydrogens (tertiary/aromatic N) is 4. The number of carbonyl (C=O) groups excluding carboxylic acids is 1. The van der Waals surface area contributed by atoms with Gasteiger partial charge in [0, 0.05) is 5.56 Å². The zero-order chi connectivity index (χ0) is 17.1. The van der Waals surface area contributed by atoms with Gasteiger partial charge in [0.05, 0.1) is 0 Å². The van der Waals surface area contributed by atoms with E-state index in [4.69, 9.17) is 4.52 Å². The number of hydrogen-bond donors (Lipinski definition) is 2. The summed E-state index contributed by atoms with van der Waals surface area (Å²) in [7, 11) is 0. The molecule has 0 aliphatic carbocycles. The summed E-state index contributed by atoms with van der Waals surface area (Å²) in [6.07, 6.45) is 1.33. The third-order valence-corrected chi connectivity index (χ3v) is 3.39. The van der Waals surface area contributed by atoms with Crippen molar-refractivity contribution in [2.45, 2.75) is 19.9 Å². The minimum absolute atomic E-state index is 0.00238. The van der Waals surface area contributed by atoms with Gasteiger partial charge in [0.15, 0.2) is 5.82 Å². The van der Waals surface area contributed by atoms with Crippen LogP contribution in [0.5, 0.6) is 0 Å². The molecule has 3 rings (SSSR count). The zero-order valence-electron chi connectivity index (χ0n) is 13.0. The van der Waals surface area contributed by atoms with Gasteiger partial charge in [0.1, 0.15) is 18.2 Å². The van der Waals surface area contributed by atoms with Crippen molar-refractivity contribution in [1.82, 2.24) is 30.6 Å². The van der Waals surface area contributed by atoms with E-state index in [0.29, 0.717) is 11.4 Å². The standard InChI is InChI=1S/C15H15FN6O2/c1-8(2)11(19-14(23)9-3-5-10(16)6-4-9)15-20-13(22-24-15)12-17-7-18-21-12/h3-8,11H,1-2H3,(H,19,23)(H,17,18,21)/t11-/m1/s1. The first-order valence-corrected chi connectivity index (χ1v) is 7.30. The predicted octanol–water partition coefficient (Wildman–Crippen LogP) is 2.12. The molecular weight excluding hydrogens is 315 g/mol. The number of aromatic amines is 1. The van der Waals surface area contributed by atoms with Crippen LogP contribution in [0.15, 0.2) is 35.1 Å². The number of halogens is 1. The Kier molecular flexibility index (Phi) is 4.32. The predicted molar refractivity (Wildman–Crippen MR) is 81.1 cm³/mol. The van der Waals surface area contributed by atoms with E-state index in [9.17, 15) is 9.18 Å². The first kappa shape index (κ1) is 15.8. The summed E-state index contributed by atoms with van der Waals surface area (Å²) in [6, 6.07) is 4.79. The topological polar surface area (TPSA) is 110 Å². The smallest absolute Gasteiger partial charge is 0.251 e. The van der Waals surface area contributed by atoms with Gasteiger partial charge in [-0.3, -0.25) is 9.89 Å². The van der Waals surface area contributed by atoms with Gasteiger partial charge in [-0.1, -0.05) is 19.0 Å². The molecule has 0 unspecified atom stereocenters. The van der Waals surface area contributed by atoms with Gasteiger partial charge >= 0.3 is 0 Å². The zero-order valence-corrected chi connectivity index (χ0v) is 13.0. The molecule has 3 aromatic rings. The number of benzene rings is 1. The van der Waals surface area contributed by atoms with Crippen LogP contribution in [-0.4, -0.2) is 31.2 Å². The van der Waals surface area contributed by atoms with Crippen molar-refractivity contribution in [3.8, 4) is 11.6 Å². The van der Waals surface area contributed by atoms with E-state index >= 15 is 0 Å². The van der Waals surface area contributed by atoms with Gasteiger partial charge in [0.2, 0.25) is 11.7 Å². The van der Waals surface area contributed by atoms with Crippen LogP contribution in [0.25, 0.3) is 11.6 Å². The van der Waals surface area contributed by atoms with Crippen LogP contribution in [0.4, 0.5) is 4.39 Å². The maximum absolute atomic E-state index is 13.0. The van der Waals surface area contributed by atoms with Crippen molar-refractivity contribution >= 4 is 5.91 Å². The normalized spacial score (nSPS) is 12.3. The van der Waals surface area contributed by atoms with E-state index < -0.39 is 11.9 Å². The minimum Gasteiger partial charge on any atom is -0.340 e. The van der Waals surface area contributed by atoms with Crippen molar-refractivity contribution in [2.75, 3.05) is 0 Å². The Bertz CT molecular complexity index is 813. The van der Waals surface area contributed by atoms with E-state index in [1.54, 1.807) is 0 Å². The van der Waals surface area contributed by atoms with E-state index in [2.05, 4.69) is 30.6 Å². The Morgan fingerprint density at radius 3 is 2.67 bits per heavy atom. The molecule has 2 heterocycles. The largest absolute Gasteiger partial charge is 0.340 e. The monoisotopic (exact) mass is 330 g/mol. The molecule has 8 nitrogen and oxygen atoms in total. The van der Waals surface area contributed by atoms with E-state index in [1.807, 2.05) is 13.8 Å². The van der Waals surface area contributed by atoms with Crippen molar-refractivity contribution in [2.24, 2.45) is 5.92 Å². The van der Waals surface area contributed by atoms with E-state index in [0.717, 1.165) is 0 Å². The highest BCUT2D eigenvalue weighted by atomic mass is 19.1. The molecule has 9 heteroatoms. The molecule has 124 valence electrons. The molecule has 1 atom stereocenters. The van der Waals surface area contributed by atoms with Crippen LogP contribution in [0.2, 0.25) is 0 Å². The molecule has 0 spiro atoms. The van der Waals surface area contributed by atoms with E-state index in [-0.39, 0.29) is 23.5 Å². The number of aromatic nitrogens is 5. The molecule has 0 fully saturated rings. The highest BCUT2D eigenvalue weighted by molar-refractivity contribution is 5.94. The first-order valence-electron chi connectivity index (χ1n) is 7.30. The molecule has 0 aliphatic rings. The number of H-pyrrole nitrogens is 1. The second-order valence-corrected chi connectivity index (χ2v) is 5.49. The molecule has 0 saturated carbocycles. The summed E-state index contributed by atoms with van der Waals surface area (Å²) in [5.41, 5.74) is 0.344. The van der Waals surface area contributed by atoms with Crippen molar-refractivity contribution in [3.63, 3.8) is 0 Å². The summed E-state index contributed by atoms with van der Waals surface area (Å²) in [4.78, 5) is 20.5. The number of hydrogen-bond acceptors (Lipinski definition) is 6. The Hall–Kier alpha value is -3.10. The van der Waals surface area contributed by atoms with Gasteiger partial charge in [-0.15, -0.1) is 0 Å². The van der Waals surface area contributed by atoms with Crippen LogP contribution in [0, 0.1) is 11.7 Å². The molecule has 2 aromatic heterocycles. The second kappa shape index (κ2) is 6.57. The minimum atomic E-state index is -0.494. The van der Waals surface area contributed by atoms with Crippen LogP contribution in [0.1, 0.15) is 36.1 Å². The summed E-state index contributed by atoms with van der Waals surface area (Å²) in [5, 5.41) is 13.0. The average Bonchev–Trinajstić information content (AvgIpc) is 3.23. The lowest BCUT2D eigenvalue weighted by Crippen LogP contribution is -2.32. The second-order valence-electron chi connectivity index (χ2n) is 5.49. The lowest BCUT2D eigenvalue weighted by molar-refractivity contribution is 0.0914. The van der Waals surface area contributed by atoms with Crippen molar-refractivity contribution in [3.05, 3.63) is 47.9 Å². The number of carbonyl (C=O) groups is 1. The molecule has 1 aromatic carbocycles. The SMILES string of the molecule is CC(C)[C@@H](NC(=O)c1ccc(F)cc1)c1nc(-c2ncn[nH]2)no1. The summed E-state index contributed by atoms with van der Waals surface area (Å²) in [5.74, 6) is 0.125. The van der Waals surface area contributed by atoms with Gasteiger partial charge < -0.3 is 9.84 Å². The van der Waals surface area contributed by atoms with Crippen LogP contribution in [0.3, 0.4) is 0 Å². The highest BCUT2D eigenvalue weighted by Gasteiger charge is 2.25. The molecule has 2 N–H and O–H groups in total. The van der Waals surface area contributed by atoms with Crippen molar-refractivity contribution in [1.29, 1.82) is 0 Å². The quantitative estimate of drug-likeness (QED) is 0.741. The van der Waals surface area contributed by atoms with Gasteiger partial charge in [-0.05, 0) is 30.2 Å². The van der Waals surface area contributed by atoms with Crippen LogP contribution >= 0.6 is 0 Å². The molecule has 0 bridgehead atoms. The Balaban J connectivity index is 1.80. The maximum Gasteiger partial charge on any atom is 0.251 e. The van der Waals surface area contributed by atoms with Crippen molar-refractivity contribution < 1.29 is 13.7 Å². The molecule has 0 saturated heterocycles. The Labute approximate surface area is 136 Å². The number of rotatable bonds is 5. The fourth-order valence-electron chi connectivity index (χ4n) is 2.11. The molecule has 1 amide bonds. The molecule has 0 aliphatic heterocycles. The first-order chi connectivity index (χ1) is 11.5. The van der Waals surface area contributed by atoms with E-state index in [1.165, 1.54) is 30.6 Å². The maximum atomic E-state index is 13.0. The lowest BCUT2D eigenvalue weighted by Gasteiger charge is -2.18. The Morgan fingerprint density at radius 2 is 2.04 bits per heavy atom. The number of amides is 1. The van der Waals surface area contributed by atoms with Gasteiger partial charge in [-0.2, -0.15) is 10.1 Å². The summed E-state index contributed by atoms with van der Waals surface area (Å²) >= 11 is 0. The Morgan fingerprint density at radius 1 is 1.29 bits per heavy atom. The summed E-state index contributed by atoms with van der Waals surface area (Å²) < 4.78 is 18.2. The van der Waals surface area contributed by atoms with Crippen LogP contribution in [-0.2, 0) is 0 Å².